The third-order valence-corrected chi connectivity index (χ3v) is 3.76. The summed E-state index contributed by atoms with van der Waals surface area (Å²) in [6, 6.07) is 14.2. The van der Waals surface area contributed by atoms with Crippen LogP contribution in [-0.2, 0) is 17.8 Å². The Kier molecular flexibility index (Phi) is 4.28. The highest BCUT2D eigenvalue weighted by molar-refractivity contribution is 5.86. The zero-order chi connectivity index (χ0) is 16.2. The van der Waals surface area contributed by atoms with Crippen LogP contribution in [0, 0.1) is 0 Å². The van der Waals surface area contributed by atoms with Crippen molar-refractivity contribution in [3.63, 3.8) is 0 Å². The Morgan fingerprint density at radius 1 is 1.26 bits per heavy atom. The summed E-state index contributed by atoms with van der Waals surface area (Å²) in [6.45, 7) is 2.47. The van der Waals surface area contributed by atoms with Gasteiger partial charge in [0.25, 0.3) is 0 Å². The summed E-state index contributed by atoms with van der Waals surface area (Å²) in [4.78, 5) is 14.9. The lowest BCUT2D eigenvalue weighted by Crippen LogP contribution is -2.10. The van der Waals surface area contributed by atoms with Crippen LogP contribution < -0.4 is 4.74 Å². The minimum Gasteiger partial charge on any atom is -0.479 e. The lowest BCUT2D eigenvalue weighted by molar-refractivity contribution is -0.139. The van der Waals surface area contributed by atoms with E-state index < -0.39 is 12.6 Å². The van der Waals surface area contributed by atoms with E-state index in [4.69, 9.17) is 9.84 Å². The van der Waals surface area contributed by atoms with Crippen LogP contribution in [0.2, 0.25) is 0 Å². The molecule has 118 valence electrons. The van der Waals surface area contributed by atoms with Crippen molar-refractivity contribution in [2.75, 3.05) is 6.61 Å². The van der Waals surface area contributed by atoms with E-state index in [1.165, 1.54) is 5.56 Å². The summed E-state index contributed by atoms with van der Waals surface area (Å²) < 4.78 is 7.54. The van der Waals surface area contributed by atoms with Crippen LogP contribution in [0.5, 0.6) is 5.88 Å². The first-order chi connectivity index (χ1) is 11.2. The molecule has 5 heteroatoms. The molecular weight excluding hydrogens is 292 g/mol. The lowest BCUT2D eigenvalue weighted by Gasteiger charge is -2.10. The average molecular weight is 310 g/mol. The molecule has 3 rings (SSSR count). The molecule has 0 radical (unpaired) electrons. The number of rotatable bonds is 6. The van der Waals surface area contributed by atoms with E-state index in [1.807, 2.05) is 30.3 Å². The van der Waals surface area contributed by atoms with Gasteiger partial charge in [0, 0.05) is 18.4 Å². The number of carboxylic acids is 1. The summed E-state index contributed by atoms with van der Waals surface area (Å²) in [5, 5.41) is 9.64. The number of carboxylic acid groups (broad SMARTS) is 1. The van der Waals surface area contributed by atoms with Gasteiger partial charge in [-0.05, 0) is 24.1 Å². The molecule has 0 amide bonds. The largest absolute Gasteiger partial charge is 0.479 e. The maximum Gasteiger partial charge on any atom is 0.341 e. The Hall–Kier alpha value is -2.82. The fourth-order valence-corrected chi connectivity index (χ4v) is 2.71. The number of nitrogens with zero attached hydrogens (tertiary/aromatic N) is 2. The lowest BCUT2D eigenvalue weighted by atomic mass is 10.2. The Morgan fingerprint density at radius 3 is 2.74 bits per heavy atom. The number of fused-ring (bicyclic) bond motifs is 1. The monoisotopic (exact) mass is 310 g/mol. The third kappa shape index (κ3) is 3.18. The Labute approximate surface area is 134 Å². The van der Waals surface area contributed by atoms with Crippen LogP contribution in [0.1, 0.15) is 18.2 Å². The van der Waals surface area contributed by atoms with Crippen molar-refractivity contribution in [1.82, 2.24) is 9.55 Å². The molecule has 0 unspecified atom stereocenters. The number of hydrogen-bond acceptors (Lipinski definition) is 3. The second-order valence-corrected chi connectivity index (χ2v) is 5.29. The molecule has 0 aliphatic carbocycles. The molecule has 1 aromatic carbocycles. The third-order valence-electron chi connectivity index (χ3n) is 3.76. The van der Waals surface area contributed by atoms with Crippen molar-refractivity contribution < 1.29 is 14.6 Å². The SMILES string of the molecule is CCc1cc2c(OCC(=O)O)nccc2n1Cc1ccccc1. The number of aryl methyl sites for hydroxylation is 1. The normalized spacial score (nSPS) is 10.8. The van der Waals surface area contributed by atoms with Gasteiger partial charge in [-0.2, -0.15) is 0 Å². The molecular formula is C18H18N2O3. The second kappa shape index (κ2) is 6.52. The fraction of sp³-hybridized carbons (Fsp3) is 0.222. The van der Waals surface area contributed by atoms with Gasteiger partial charge >= 0.3 is 5.97 Å². The van der Waals surface area contributed by atoms with E-state index in [-0.39, 0.29) is 0 Å². The zero-order valence-electron chi connectivity index (χ0n) is 12.9. The molecule has 0 aliphatic rings. The number of hydrogen-bond donors (Lipinski definition) is 1. The van der Waals surface area contributed by atoms with E-state index in [2.05, 4.69) is 28.6 Å². The van der Waals surface area contributed by atoms with Gasteiger partial charge in [-0.15, -0.1) is 0 Å². The zero-order valence-corrected chi connectivity index (χ0v) is 12.9. The Morgan fingerprint density at radius 2 is 2.04 bits per heavy atom. The Bertz CT molecular complexity index is 825. The molecule has 0 atom stereocenters. The topological polar surface area (TPSA) is 64.3 Å². The molecule has 2 heterocycles. The quantitative estimate of drug-likeness (QED) is 0.760. The van der Waals surface area contributed by atoms with Gasteiger partial charge in [-0.25, -0.2) is 9.78 Å². The molecule has 0 aliphatic heterocycles. The Balaban J connectivity index is 2.03. The van der Waals surface area contributed by atoms with Crippen molar-refractivity contribution in [2.45, 2.75) is 19.9 Å². The minimum absolute atomic E-state index is 0.367. The summed E-state index contributed by atoms with van der Waals surface area (Å²) >= 11 is 0. The van der Waals surface area contributed by atoms with Crippen molar-refractivity contribution in [3.05, 3.63) is 59.9 Å². The molecule has 0 bridgehead atoms. The fourth-order valence-electron chi connectivity index (χ4n) is 2.71. The predicted molar refractivity (Wildman–Crippen MR) is 87.8 cm³/mol. The van der Waals surface area contributed by atoms with Gasteiger partial charge in [-0.1, -0.05) is 37.3 Å². The van der Waals surface area contributed by atoms with Crippen molar-refractivity contribution >= 4 is 16.9 Å². The number of aromatic nitrogens is 2. The molecule has 23 heavy (non-hydrogen) atoms. The van der Waals surface area contributed by atoms with Gasteiger partial charge in [0.15, 0.2) is 6.61 Å². The molecule has 5 nitrogen and oxygen atoms in total. The summed E-state index contributed by atoms with van der Waals surface area (Å²) in [7, 11) is 0. The minimum atomic E-state index is -1.01. The highest BCUT2D eigenvalue weighted by Gasteiger charge is 2.13. The van der Waals surface area contributed by atoms with Crippen molar-refractivity contribution in [1.29, 1.82) is 0 Å². The van der Waals surface area contributed by atoms with Crippen LogP contribution in [-0.4, -0.2) is 27.2 Å². The number of benzene rings is 1. The van der Waals surface area contributed by atoms with Crippen molar-refractivity contribution in [3.8, 4) is 5.88 Å². The average Bonchev–Trinajstić information content (AvgIpc) is 2.92. The van der Waals surface area contributed by atoms with E-state index >= 15 is 0 Å². The molecule has 0 saturated heterocycles. The van der Waals surface area contributed by atoms with Crippen LogP contribution in [0.3, 0.4) is 0 Å². The maximum atomic E-state index is 10.7. The number of aliphatic carboxylic acids is 1. The van der Waals surface area contributed by atoms with Crippen LogP contribution in [0.15, 0.2) is 48.7 Å². The van der Waals surface area contributed by atoms with E-state index in [0.717, 1.165) is 29.6 Å². The van der Waals surface area contributed by atoms with Gasteiger partial charge in [0.1, 0.15) is 0 Å². The summed E-state index contributed by atoms with van der Waals surface area (Å²) in [5.41, 5.74) is 3.38. The van der Waals surface area contributed by atoms with Gasteiger partial charge in [-0.3, -0.25) is 0 Å². The molecule has 0 saturated carbocycles. The summed E-state index contributed by atoms with van der Waals surface area (Å²) in [6.07, 6.45) is 2.53. The van der Waals surface area contributed by atoms with Gasteiger partial charge in [0.05, 0.1) is 10.9 Å². The first kappa shape index (κ1) is 15.1. The van der Waals surface area contributed by atoms with Crippen LogP contribution in [0.25, 0.3) is 10.9 Å². The second-order valence-electron chi connectivity index (χ2n) is 5.29. The highest BCUT2D eigenvalue weighted by Crippen LogP contribution is 2.28. The molecule has 1 N–H and O–H groups in total. The standard InChI is InChI=1S/C18H18N2O3/c1-2-14-10-15-16(8-9-19-18(15)23-12-17(21)22)20(14)11-13-6-4-3-5-7-13/h3-10H,2,11-12H2,1H3,(H,21,22). The number of ether oxygens (including phenoxy) is 1. The predicted octanol–water partition coefficient (Wildman–Crippen LogP) is 3.11. The van der Waals surface area contributed by atoms with E-state index in [0.29, 0.717) is 5.88 Å². The summed E-state index contributed by atoms with van der Waals surface area (Å²) in [5.74, 6) is -0.644. The van der Waals surface area contributed by atoms with Crippen LogP contribution in [0.4, 0.5) is 0 Å². The molecule has 3 aromatic rings. The number of carbonyl (C=O) groups is 1. The van der Waals surface area contributed by atoms with Gasteiger partial charge in [0.2, 0.25) is 5.88 Å². The van der Waals surface area contributed by atoms with Crippen LogP contribution >= 0.6 is 0 Å². The van der Waals surface area contributed by atoms with Gasteiger partial charge < -0.3 is 14.4 Å². The maximum absolute atomic E-state index is 10.7. The first-order valence-electron chi connectivity index (χ1n) is 7.54. The molecule has 0 fully saturated rings. The highest BCUT2D eigenvalue weighted by atomic mass is 16.5. The first-order valence-corrected chi connectivity index (χ1v) is 7.54. The van der Waals surface area contributed by atoms with E-state index in [9.17, 15) is 4.79 Å². The molecule has 0 spiro atoms. The van der Waals surface area contributed by atoms with Crippen molar-refractivity contribution in [2.24, 2.45) is 0 Å². The molecule has 2 aromatic heterocycles. The number of pyridine rings is 1. The smallest absolute Gasteiger partial charge is 0.341 e. The van der Waals surface area contributed by atoms with E-state index in [1.54, 1.807) is 6.20 Å².